The number of benzene rings is 2. The van der Waals surface area contributed by atoms with Gasteiger partial charge >= 0.3 is 0 Å². The van der Waals surface area contributed by atoms with Crippen LogP contribution in [0.25, 0.3) is 11.4 Å². The van der Waals surface area contributed by atoms with E-state index in [4.69, 9.17) is 33.7 Å². The van der Waals surface area contributed by atoms with Crippen molar-refractivity contribution in [1.29, 1.82) is 0 Å². The van der Waals surface area contributed by atoms with Gasteiger partial charge in [-0.25, -0.2) is 4.68 Å². The Labute approximate surface area is 192 Å². The van der Waals surface area contributed by atoms with Gasteiger partial charge in [0.15, 0.2) is 10.6 Å². The van der Waals surface area contributed by atoms with Crippen LogP contribution >= 0.6 is 23.8 Å². The molecule has 6 nitrogen and oxygen atoms in total. The maximum Gasteiger partial charge on any atom is 0.199 e. The predicted octanol–water partition coefficient (Wildman–Crippen LogP) is 4.71. The minimum Gasteiger partial charge on any atom is -0.495 e. The van der Waals surface area contributed by atoms with Crippen LogP contribution in [-0.2, 0) is 13.2 Å². The summed E-state index contributed by atoms with van der Waals surface area (Å²) in [6.07, 6.45) is 1.84. The number of ether oxygens (including phenoxy) is 1. The third-order valence-corrected chi connectivity index (χ3v) is 6.15. The molecule has 8 heteroatoms. The maximum absolute atomic E-state index is 6.05. The Morgan fingerprint density at radius 2 is 1.81 bits per heavy atom. The summed E-state index contributed by atoms with van der Waals surface area (Å²) in [5.41, 5.74) is 2.12. The van der Waals surface area contributed by atoms with Crippen LogP contribution in [0.1, 0.15) is 0 Å². The quantitative estimate of drug-likeness (QED) is 0.381. The van der Waals surface area contributed by atoms with Crippen LogP contribution in [0, 0.1) is 4.77 Å². The SMILES string of the molecule is C=CCn1c(-c2ccc(Cl)cc2)nn(CN2CCN(c3ccccc3OC)CC2)c1=S. The van der Waals surface area contributed by atoms with Crippen molar-refractivity contribution in [2.75, 3.05) is 38.2 Å². The molecule has 0 radical (unpaired) electrons. The second-order valence-electron chi connectivity index (χ2n) is 7.43. The average molecular weight is 456 g/mol. The highest BCUT2D eigenvalue weighted by Gasteiger charge is 2.21. The average Bonchev–Trinajstić information content (AvgIpc) is 3.10. The molecule has 2 heterocycles. The highest BCUT2D eigenvalue weighted by molar-refractivity contribution is 7.71. The van der Waals surface area contributed by atoms with Gasteiger partial charge in [0, 0.05) is 43.3 Å². The number of halogens is 1. The summed E-state index contributed by atoms with van der Waals surface area (Å²) in [4.78, 5) is 4.74. The topological polar surface area (TPSA) is 38.5 Å². The van der Waals surface area contributed by atoms with E-state index in [1.807, 2.05) is 57.8 Å². The third kappa shape index (κ3) is 4.69. The van der Waals surface area contributed by atoms with E-state index in [0.717, 1.165) is 49.0 Å². The Kier molecular flexibility index (Phi) is 6.75. The van der Waals surface area contributed by atoms with Crippen LogP contribution < -0.4 is 9.64 Å². The van der Waals surface area contributed by atoms with Gasteiger partial charge < -0.3 is 9.64 Å². The van der Waals surface area contributed by atoms with Crippen molar-refractivity contribution < 1.29 is 4.74 Å². The maximum atomic E-state index is 6.05. The Morgan fingerprint density at radius 1 is 1.10 bits per heavy atom. The first-order chi connectivity index (χ1) is 15.1. The molecule has 162 valence electrons. The normalized spacial score (nSPS) is 14.6. The second kappa shape index (κ2) is 9.68. The molecule has 4 rings (SSSR count). The summed E-state index contributed by atoms with van der Waals surface area (Å²) in [6, 6.07) is 15.8. The molecule has 1 aromatic heterocycles. The van der Waals surface area contributed by atoms with Crippen molar-refractivity contribution in [3.8, 4) is 17.1 Å². The number of hydrogen-bond donors (Lipinski definition) is 0. The van der Waals surface area contributed by atoms with E-state index in [-0.39, 0.29) is 0 Å². The van der Waals surface area contributed by atoms with Gasteiger partial charge in [-0.2, -0.15) is 5.10 Å². The Morgan fingerprint density at radius 3 is 2.48 bits per heavy atom. The minimum atomic E-state index is 0.609. The van der Waals surface area contributed by atoms with E-state index in [0.29, 0.717) is 23.0 Å². The molecule has 0 saturated carbocycles. The summed E-state index contributed by atoms with van der Waals surface area (Å²) >= 11 is 11.8. The van der Waals surface area contributed by atoms with Crippen LogP contribution in [0.5, 0.6) is 5.75 Å². The lowest BCUT2D eigenvalue weighted by atomic mass is 10.2. The Hall–Kier alpha value is -2.61. The van der Waals surface area contributed by atoms with Crippen LogP contribution in [-0.4, -0.2) is 52.5 Å². The van der Waals surface area contributed by atoms with Gasteiger partial charge in [-0.05, 0) is 48.6 Å². The molecule has 1 fully saturated rings. The molecule has 0 atom stereocenters. The predicted molar refractivity (Wildman–Crippen MR) is 128 cm³/mol. The number of aromatic nitrogens is 3. The number of anilines is 1. The molecule has 1 aliphatic heterocycles. The number of nitrogens with zero attached hydrogens (tertiary/aromatic N) is 5. The standard InChI is InChI=1S/C23H26ClN5OS/c1-3-12-28-22(18-8-10-19(24)11-9-18)25-29(23(28)31)17-26-13-15-27(16-14-26)20-6-4-5-7-21(20)30-2/h3-11H,1,12-17H2,2H3. The zero-order valence-electron chi connectivity index (χ0n) is 17.6. The molecular formula is C23H26ClN5OS. The van der Waals surface area contributed by atoms with E-state index >= 15 is 0 Å². The van der Waals surface area contributed by atoms with Crippen molar-refractivity contribution in [3.05, 3.63) is 71.0 Å². The molecule has 1 saturated heterocycles. The summed E-state index contributed by atoms with van der Waals surface area (Å²) in [5, 5.41) is 5.54. The number of rotatable bonds is 7. The van der Waals surface area contributed by atoms with Crippen LogP contribution in [0.2, 0.25) is 5.02 Å². The first-order valence-electron chi connectivity index (χ1n) is 10.3. The zero-order valence-corrected chi connectivity index (χ0v) is 19.1. The number of allylic oxidation sites excluding steroid dienone is 1. The molecule has 0 unspecified atom stereocenters. The van der Waals surface area contributed by atoms with Crippen molar-refractivity contribution in [2.45, 2.75) is 13.2 Å². The minimum absolute atomic E-state index is 0.609. The molecule has 2 aromatic carbocycles. The number of piperazine rings is 1. The lowest BCUT2D eigenvalue weighted by molar-refractivity contribution is 0.194. The largest absolute Gasteiger partial charge is 0.495 e. The van der Waals surface area contributed by atoms with Gasteiger partial charge in [-0.15, -0.1) is 6.58 Å². The monoisotopic (exact) mass is 455 g/mol. The van der Waals surface area contributed by atoms with Gasteiger partial charge in [0.05, 0.1) is 19.5 Å². The van der Waals surface area contributed by atoms with Gasteiger partial charge in [-0.1, -0.05) is 29.8 Å². The molecule has 3 aromatic rings. The van der Waals surface area contributed by atoms with Crippen LogP contribution in [0.3, 0.4) is 0 Å². The summed E-state index contributed by atoms with van der Waals surface area (Å²) < 4.78 is 10.1. The van der Waals surface area contributed by atoms with Gasteiger partial charge in [-0.3, -0.25) is 9.47 Å². The number of para-hydroxylation sites is 2. The van der Waals surface area contributed by atoms with E-state index < -0.39 is 0 Å². The first kappa shape index (κ1) is 21.6. The van der Waals surface area contributed by atoms with E-state index in [9.17, 15) is 0 Å². The highest BCUT2D eigenvalue weighted by atomic mass is 35.5. The molecule has 0 aliphatic carbocycles. The third-order valence-electron chi connectivity index (χ3n) is 5.47. The summed E-state index contributed by atoms with van der Waals surface area (Å²) in [5.74, 6) is 1.74. The van der Waals surface area contributed by atoms with Crippen molar-refractivity contribution >= 4 is 29.5 Å². The molecule has 0 spiro atoms. The van der Waals surface area contributed by atoms with E-state index in [2.05, 4.69) is 22.4 Å². The smallest absolute Gasteiger partial charge is 0.199 e. The number of methoxy groups -OCH3 is 1. The summed E-state index contributed by atoms with van der Waals surface area (Å²) in [6.45, 7) is 8.82. The molecule has 31 heavy (non-hydrogen) atoms. The molecule has 0 N–H and O–H groups in total. The van der Waals surface area contributed by atoms with Crippen LogP contribution in [0.15, 0.2) is 61.2 Å². The molecule has 0 amide bonds. The van der Waals surface area contributed by atoms with Crippen molar-refractivity contribution in [1.82, 2.24) is 19.2 Å². The molecule has 1 aliphatic rings. The van der Waals surface area contributed by atoms with Crippen LogP contribution in [0.4, 0.5) is 5.69 Å². The van der Waals surface area contributed by atoms with Gasteiger partial charge in [0.2, 0.25) is 0 Å². The zero-order chi connectivity index (χ0) is 21.8. The lowest BCUT2D eigenvalue weighted by Crippen LogP contribution is -2.47. The fourth-order valence-corrected chi connectivity index (χ4v) is 4.24. The fraction of sp³-hybridized carbons (Fsp3) is 0.304. The summed E-state index contributed by atoms with van der Waals surface area (Å²) in [7, 11) is 1.72. The highest BCUT2D eigenvalue weighted by Crippen LogP contribution is 2.28. The molecular weight excluding hydrogens is 430 g/mol. The second-order valence-corrected chi connectivity index (χ2v) is 8.23. The van der Waals surface area contributed by atoms with Crippen molar-refractivity contribution in [2.24, 2.45) is 0 Å². The van der Waals surface area contributed by atoms with Gasteiger partial charge in [0.1, 0.15) is 5.75 Å². The first-order valence-corrected chi connectivity index (χ1v) is 11.0. The Bertz CT molecular complexity index is 1100. The lowest BCUT2D eigenvalue weighted by Gasteiger charge is -2.36. The van der Waals surface area contributed by atoms with Crippen molar-refractivity contribution in [3.63, 3.8) is 0 Å². The fourth-order valence-electron chi connectivity index (χ4n) is 3.85. The van der Waals surface area contributed by atoms with Gasteiger partial charge in [0.25, 0.3) is 0 Å². The molecule has 0 bridgehead atoms. The van der Waals surface area contributed by atoms with E-state index in [1.165, 1.54) is 0 Å². The Balaban J connectivity index is 1.50. The number of hydrogen-bond acceptors (Lipinski definition) is 5. The van der Waals surface area contributed by atoms with E-state index in [1.54, 1.807) is 7.11 Å².